The Bertz CT molecular complexity index is 325. The highest BCUT2D eigenvalue weighted by Crippen LogP contribution is 2.21. The average Bonchev–Trinajstić information content (AvgIpc) is 2.27. The summed E-state index contributed by atoms with van der Waals surface area (Å²) < 4.78 is 4.95. The second-order valence-corrected chi connectivity index (χ2v) is 2.86. The molecule has 1 rings (SSSR count). The van der Waals surface area contributed by atoms with Crippen LogP contribution >= 0.6 is 0 Å². The third kappa shape index (κ3) is 2.10. The molecule has 0 aliphatic carbocycles. The third-order valence-corrected chi connectivity index (χ3v) is 2.00. The highest BCUT2D eigenvalue weighted by Gasteiger charge is 2.10. The van der Waals surface area contributed by atoms with Gasteiger partial charge in [-0.2, -0.15) is 0 Å². The van der Waals surface area contributed by atoms with Crippen molar-refractivity contribution in [2.24, 2.45) is 5.73 Å². The number of carbonyl (C=O) groups is 1. The maximum atomic E-state index is 10.7. The molecular formula is C10H13NO3. The number of ether oxygens (including phenoxy) is 1. The standard InChI is InChI=1S/C10H13NO3/c1-14-8-2-3-9(10(13)5-11)7(4-8)6-12/h2-4,6,10,13H,5,11H2,1H3. The van der Waals surface area contributed by atoms with Gasteiger partial charge < -0.3 is 15.6 Å². The van der Waals surface area contributed by atoms with Crippen molar-refractivity contribution in [1.82, 2.24) is 0 Å². The van der Waals surface area contributed by atoms with Gasteiger partial charge in [0.15, 0.2) is 6.29 Å². The van der Waals surface area contributed by atoms with Crippen molar-refractivity contribution in [3.63, 3.8) is 0 Å². The maximum Gasteiger partial charge on any atom is 0.150 e. The third-order valence-electron chi connectivity index (χ3n) is 2.00. The van der Waals surface area contributed by atoms with Crippen molar-refractivity contribution in [1.29, 1.82) is 0 Å². The van der Waals surface area contributed by atoms with Crippen molar-refractivity contribution < 1.29 is 14.6 Å². The first kappa shape index (κ1) is 10.7. The average molecular weight is 195 g/mol. The number of aldehydes is 1. The first-order valence-electron chi connectivity index (χ1n) is 4.24. The van der Waals surface area contributed by atoms with Crippen LogP contribution in [-0.2, 0) is 0 Å². The number of aliphatic hydroxyl groups is 1. The smallest absolute Gasteiger partial charge is 0.150 e. The van der Waals surface area contributed by atoms with Crippen molar-refractivity contribution in [3.8, 4) is 5.75 Å². The van der Waals surface area contributed by atoms with E-state index in [4.69, 9.17) is 10.5 Å². The molecule has 0 bridgehead atoms. The van der Waals surface area contributed by atoms with Crippen LogP contribution in [0, 0.1) is 0 Å². The summed E-state index contributed by atoms with van der Waals surface area (Å²) in [4.78, 5) is 10.7. The molecule has 0 saturated heterocycles. The van der Waals surface area contributed by atoms with E-state index in [1.54, 1.807) is 18.2 Å². The van der Waals surface area contributed by atoms with Crippen LogP contribution in [0.15, 0.2) is 18.2 Å². The second-order valence-electron chi connectivity index (χ2n) is 2.86. The van der Waals surface area contributed by atoms with Crippen molar-refractivity contribution in [2.45, 2.75) is 6.10 Å². The molecule has 3 N–H and O–H groups in total. The van der Waals surface area contributed by atoms with Crippen LogP contribution in [0.1, 0.15) is 22.0 Å². The van der Waals surface area contributed by atoms with Gasteiger partial charge in [-0.3, -0.25) is 4.79 Å². The topological polar surface area (TPSA) is 72.6 Å². The molecule has 0 spiro atoms. The van der Waals surface area contributed by atoms with Crippen molar-refractivity contribution in [2.75, 3.05) is 13.7 Å². The van der Waals surface area contributed by atoms with Crippen LogP contribution in [0.5, 0.6) is 5.75 Å². The Labute approximate surface area is 82.3 Å². The molecule has 76 valence electrons. The van der Waals surface area contributed by atoms with Crippen LogP contribution in [0.3, 0.4) is 0 Å². The van der Waals surface area contributed by atoms with E-state index in [-0.39, 0.29) is 6.54 Å². The number of hydrogen-bond donors (Lipinski definition) is 2. The number of carbonyl (C=O) groups excluding carboxylic acids is 1. The predicted octanol–water partition coefficient (Wildman–Crippen LogP) is 0.500. The summed E-state index contributed by atoms with van der Waals surface area (Å²) in [6, 6.07) is 4.89. The Balaban J connectivity index is 3.11. The molecule has 4 nitrogen and oxygen atoms in total. The zero-order valence-corrected chi connectivity index (χ0v) is 7.93. The molecule has 1 atom stereocenters. The van der Waals surface area contributed by atoms with E-state index in [2.05, 4.69) is 0 Å². The Kier molecular flexibility index (Phi) is 3.62. The molecule has 0 radical (unpaired) electrons. The highest BCUT2D eigenvalue weighted by atomic mass is 16.5. The summed E-state index contributed by atoms with van der Waals surface area (Å²) in [6.45, 7) is 0.0904. The van der Waals surface area contributed by atoms with E-state index in [1.165, 1.54) is 7.11 Å². The van der Waals surface area contributed by atoms with Crippen LogP contribution in [-0.4, -0.2) is 25.0 Å². The summed E-state index contributed by atoms with van der Waals surface area (Å²) in [5, 5.41) is 9.48. The number of nitrogens with two attached hydrogens (primary N) is 1. The molecule has 1 aromatic carbocycles. The minimum Gasteiger partial charge on any atom is -0.497 e. The molecule has 1 aromatic rings. The lowest BCUT2D eigenvalue weighted by atomic mass is 10.0. The minimum absolute atomic E-state index is 0.0904. The van der Waals surface area contributed by atoms with Crippen LogP contribution in [0.25, 0.3) is 0 Å². The zero-order valence-electron chi connectivity index (χ0n) is 7.93. The van der Waals surface area contributed by atoms with Gasteiger partial charge in [-0.05, 0) is 17.7 Å². The number of rotatable bonds is 4. The molecular weight excluding hydrogens is 182 g/mol. The van der Waals surface area contributed by atoms with E-state index in [0.717, 1.165) is 0 Å². The molecule has 0 fully saturated rings. The van der Waals surface area contributed by atoms with Gasteiger partial charge >= 0.3 is 0 Å². The largest absolute Gasteiger partial charge is 0.497 e. The predicted molar refractivity (Wildman–Crippen MR) is 52.4 cm³/mol. The van der Waals surface area contributed by atoms with Crippen molar-refractivity contribution >= 4 is 6.29 Å². The summed E-state index contributed by atoms with van der Waals surface area (Å²) >= 11 is 0. The SMILES string of the molecule is COc1ccc(C(O)CN)c(C=O)c1. The first-order valence-corrected chi connectivity index (χ1v) is 4.24. The van der Waals surface area contributed by atoms with Gasteiger partial charge in [-0.15, -0.1) is 0 Å². The van der Waals surface area contributed by atoms with Crippen molar-refractivity contribution in [3.05, 3.63) is 29.3 Å². The number of hydrogen-bond acceptors (Lipinski definition) is 4. The monoisotopic (exact) mass is 195 g/mol. The van der Waals surface area contributed by atoms with Gasteiger partial charge in [0, 0.05) is 12.1 Å². The van der Waals surface area contributed by atoms with Crippen LogP contribution in [0.2, 0.25) is 0 Å². The van der Waals surface area contributed by atoms with Crippen LogP contribution < -0.4 is 10.5 Å². The summed E-state index contributed by atoms with van der Waals surface area (Å²) in [7, 11) is 1.52. The molecule has 0 aliphatic rings. The maximum absolute atomic E-state index is 10.7. The van der Waals surface area contributed by atoms with E-state index >= 15 is 0 Å². The Morgan fingerprint density at radius 1 is 1.64 bits per heavy atom. The van der Waals surface area contributed by atoms with E-state index in [1.807, 2.05) is 0 Å². The fourth-order valence-electron chi connectivity index (χ4n) is 1.21. The fourth-order valence-corrected chi connectivity index (χ4v) is 1.21. The lowest BCUT2D eigenvalue weighted by Gasteiger charge is -2.11. The Morgan fingerprint density at radius 3 is 2.86 bits per heavy atom. The number of benzene rings is 1. The summed E-state index contributed by atoms with van der Waals surface area (Å²) in [5.41, 5.74) is 6.24. The number of aliphatic hydroxyl groups excluding tert-OH is 1. The highest BCUT2D eigenvalue weighted by molar-refractivity contribution is 5.78. The van der Waals surface area contributed by atoms with E-state index in [0.29, 0.717) is 23.2 Å². The van der Waals surface area contributed by atoms with Gasteiger partial charge in [0.05, 0.1) is 13.2 Å². The second kappa shape index (κ2) is 4.74. The lowest BCUT2D eigenvalue weighted by molar-refractivity contribution is 0.111. The first-order chi connectivity index (χ1) is 6.72. The normalized spacial score (nSPS) is 12.2. The van der Waals surface area contributed by atoms with Gasteiger partial charge in [0.2, 0.25) is 0 Å². The van der Waals surface area contributed by atoms with Gasteiger partial charge in [0.1, 0.15) is 5.75 Å². The Hall–Kier alpha value is -1.39. The summed E-state index contributed by atoms with van der Waals surface area (Å²) in [6.07, 6.45) is -0.127. The fraction of sp³-hybridized carbons (Fsp3) is 0.300. The molecule has 0 aromatic heterocycles. The van der Waals surface area contributed by atoms with Crippen LogP contribution in [0.4, 0.5) is 0 Å². The molecule has 0 heterocycles. The molecule has 1 unspecified atom stereocenters. The van der Waals surface area contributed by atoms with Gasteiger partial charge in [0.25, 0.3) is 0 Å². The number of methoxy groups -OCH3 is 1. The summed E-state index contributed by atoms with van der Waals surface area (Å²) in [5.74, 6) is 0.583. The molecule has 0 aliphatic heterocycles. The zero-order chi connectivity index (χ0) is 10.6. The molecule has 0 saturated carbocycles. The Morgan fingerprint density at radius 2 is 2.36 bits per heavy atom. The quantitative estimate of drug-likeness (QED) is 0.686. The molecule has 14 heavy (non-hydrogen) atoms. The van der Waals surface area contributed by atoms with E-state index in [9.17, 15) is 9.90 Å². The lowest BCUT2D eigenvalue weighted by Crippen LogP contribution is -2.13. The molecule has 4 heteroatoms. The van der Waals surface area contributed by atoms with Gasteiger partial charge in [-0.25, -0.2) is 0 Å². The molecule has 0 amide bonds. The minimum atomic E-state index is -0.805. The van der Waals surface area contributed by atoms with Gasteiger partial charge in [-0.1, -0.05) is 6.07 Å². The van der Waals surface area contributed by atoms with E-state index < -0.39 is 6.10 Å².